The highest BCUT2D eigenvalue weighted by Gasteiger charge is 2.19. The van der Waals surface area contributed by atoms with Gasteiger partial charge in [0.1, 0.15) is 17.1 Å². The lowest BCUT2D eigenvalue weighted by Crippen LogP contribution is -2.26. The molecule has 0 bridgehead atoms. The quantitative estimate of drug-likeness (QED) is 0.658. The molecule has 2 aromatic heterocycles. The number of H-pyrrole nitrogens is 1. The third-order valence-corrected chi connectivity index (χ3v) is 5.13. The van der Waals surface area contributed by atoms with Crippen molar-refractivity contribution in [3.05, 3.63) is 57.3 Å². The first-order valence-electron chi connectivity index (χ1n) is 8.96. The van der Waals surface area contributed by atoms with E-state index >= 15 is 0 Å². The molecule has 8 heteroatoms. The van der Waals surface area contributed by atoms with Crippen molar-refractivity contribution in [3.63, 3.8) is 0 Å². The van der Waals surface area contributed by atoms with Gasteiger partial charge >= 0.3 is 0 Å². The Morgan fingerprint density at radius 1 is 1.14 bits per heavy atom. The van der Waals surface area contributed by atoms with Crippen LogP contribution < -0.4 is 20.3 Å². The van der Waals surface area contributed by atoms with Crippen LogP contribution in [0.3, 0.4) is 0 Å². The van der Waals surface area contributed by atoms with E-state index in [1.54, 1.807) is 37.8 Å². The first kappa shape index (κ1) is 20.6. The van der Waals surface area contributed by atoms with Gasteiger partial charge in [0.05, 0.1) is 19.9 Å². The van der Waals surface area contributed by atoms with E-state index in [2.05, 4.69) is 15.3 Å². The molecule has 7 nitrogen and oxygen atoms in total. The number of ether oxygens (including phenoxy) is 2. The van der Waals surface area contributed by atoms with Crippen molar-refractivity contribution in [2.75, 3.05) is 19.5 Å². The second kappa shape index (κ2) is 8.08. The van der Waals surface area contributed by atoms with Gasteiger partial charge in [-0.1, -0.05) is 20.8 Å². The first-order chi connectivity index (χ1) is 13.7. The van der Waals surface area contributed by atoms with Crippen molar-refractivity contribution in [3.8, 4) is 22.8 Å². The summed E-state index contributed by atoms with van der Waals surface area (Å²) in [6, 6.07) is 8.70. The number of aromatic amines is 1. The fraction of sp³-hybridized carbons (Fsp3) is 0.286. The highest BCUT2D eigenvalue weighted by molar-refractivity contribution is 7.14. The zero-order chi connectivity index (χ0) is 21.2. The summed E-state index contributed by atoms with van der Waals surface area (Å²) in [7, 11) is 3.16. The molecule has 0 radical (unpaired) electrons. The summed E-state index contributed by atoms with van der Waals surface area (Å²) in [4.78, 5) is 32.1. The molecular formula is C21H23N3O4S. The number of hydrogen-bond acceptors (Lipinski definition) is 6. The minimum atomic E-state index is -0.509. The molecule has 0 saturated carbocycles. The van der Waals surface area contributed by atoms with E-state index in [1.165, 1.54) is 17.4 Å². The molecule has 152 valence electrons. The zero-order valence-corrected chi connectivity index (χ0v) is 17.8. The number of pyridine rings is 1. The van der Waals surface area contributed by atoms with Crippen LogP contribution in [0.25, 0.3) is 11.3 Å². The molecule has 0 spiro atoms. The fourth-order valence-electron chi connectivity index (χ4n) is 2.72. The van der Waals surface area contributed by atoms with Crippen LogP contribution in [0.1, 0.15) is 36.8 Å². The molecular weight excluding hydrogens is 390 g/mol. The van der Waals surface area contributed by atoms with Crippen LogP contribution in [0, 0.1) is 0 Å². The first-order valence-corrected chi connectivity index (χ1v) is 9.84. The smallest absolute Gasteiger partial charge is 0.263 e. The normalized spacial score (nSPS) is 11.2. The predicted octanol–water partition coefficient (Wildman–Crippen LogP) is 4.07. The third kappa shape index (κ3) is 4.48. The lowest BCUT2D eigenvalue weighted by atomic mass is 9.91. The molecule has 3 rings (SSSR count). The number of methoxy groups -OCH3 is 2. The molecule has 0 aliphatic heterocycles. The number of rotatable bonds is 5. The van der Waals surface area contributed by atoms with Crippen LogP contribution >= 0.6 is 11.3 Å². The number of nitrogens with zero attached hydrogens (tertiary/aromatic N) is 1. The Hall–Kier alpha value is -3.13. The van der Waals surface area contributed by atoms with Crippen LogP contribution in [-0.4, -0.2) is 30.1 Å². The van der Waals surface area contributed by atoms with Gasteiger partial charge in [-0.05, 0) is 30.3 Å². The molecule has 0 aliphatic rings. The maximum atomic E-state index is 12.6. The van der Waals surface area contributed by atoms with Crippen molar-refractivity contribution < 1.29 is 14.3 Å². The summed E-state index contributed by atoms with van der Waals surface area (Å²) in [6.07, 6.45) is 0. The number of carbonyl (C=O) groups excluding carboxylic acids is 1. The Labute approximate surface area is 172 Å². The monoisotopic (exact) mass is 413 g/mol. The van der Waals surface area contributed by atoms with Gasteiger partial charge in [0.25, 0.3) is 11.5 Å². The van der Waals surface area contributed by atoms with Crippen LogP contribution in [0.5, 0.6) is 11.5 Å². The summed E-state index contributed by atoms with van der Waals surface area (Å²) in [5.74, 6) is 0.804. The van der Waals surface area contributed by atoms with Crippen LogP contribution in [0.2, 0.25) is 0 Å². The van der Waals surface area contributed by atoms with Gasteiger partial charge in [-0.2, -0.15) is 0 Å². The van der Waals surface area contributed by atoms with Crippen molar-refractivity contribution in [2.45, 2.75) is 26.2 Å². The molecule has 1 amide bonds. The molecule has 2 heterocycles. The number of carbonyl (C=O) groups is 1. The van der Waals surface area contributed by atoms with E-state index in [0.29, 0.717) is 22.3 Å². The van der Waals surface area contributed by atoms with Gasteiger partial charge in [0, 0.05) is 22.1 Å². The number of anilines is 1. The summed E-state index contributed by atoms with van der Waals surface area (Å²) in [5, 5.41) is 4.88. The Morgan fingerprint density at radius 2 is 1.90 bits per heavy atom. The number of aromatic nitrogens is 2. The van der Waals surface area contributed by atoms with Gasteiger partial charge in [-0.25, -0.2) is 4.98 Å². The maximum absolute atomic E-state index is 12.6. The van der Waals surface area contributed by atoms with E-state index in [9.17, 15) is 9.59 Å². The van der Waals surface area contributed by atoms with E-state index in [4.69, 9.17) is 9.47 Å². The number of thiazole rings is 1. The van der Waals surface area contributed by atoms with Gasteiger partial charge in [0.2, 0.25) is 0 Å². The van der Waals surface area contributed by atoms with Crippen LogP contribution in [0.4, 0.5) is 5.13 Å². The molecule has 29 heavy (non-hydrogen) atoms. The Bertz CT molecular complexity index is 1100. The average molecular weight is 413 g/mol. The molecule has 0 saturated heterocycles. The van der Waals surface area contributed by atoms with E-state index < -0.39 is 11.5 Å². The molecule has 0 atom stereocenters. The second-order valence-corrected chi connectivity index (χ2v) is 8.28. The predicted molar refractivity (Wildman–Crippen MR) is 114 cm³/mol. The molecule has 0 fully saturated rings. The number of amides is 1. The number of benzene rings is 1. The summed E-state index contributed by atoms with van der Waals surface area (Å²) in [6.45, 7) is 5.96. The summed E-state index contributed by atoms with van der Waals surface area (Å²) < 4.78 is 10.7. The molecule has 0 aliphatic carbocycles. The number of nitrogens with one attached hydrogen (secondary N) is 2. The minimum Gasteiger partial charge on any atom is -0.497 e. The Balaban J connectivity index is 1.84. The Kier molecular flexibility index (Phi) is 5.74. The molecule has 0 unspecified atom stereocenters. The SMILES string of the molecule is COc1ccc(OC)c(-c2csc(NC(=O)c3ccc(C(C)(C)C)[nH]c3=O)n2)c1. The summed E-state index contributed by atoms with van der Waals surface area (Å²) >= 11 is 1.26. The Morgan fingerprint density at radius 3 is 2.52 bits per heavy atom. The lowest BCUT2D eigenvalue weighted by molar-refractivity contribution is 0.102. The lowest BCUT2D eigenvalue weighted by Gasteiger charge is -2.18. The average Bonchev–Trinajstić information content (AvgIpc) is 3.14. The fourth-order valence-corrected chi connectivity index (χ4v) is 3.43. The van der Waals surface area contributed by atoms with E-state index in [0.717, 1.165) is 11.3 Å². The van der Waals surface area contributed by atoms with Crippen molar-refractivity contribution in [1.29, 1.82) is 0 Å². The van der Waals surface area contributed by atoms with E-state index in [1.807, 2.05) is 26.8 Å². The van der Waals surface area contributed by atoms with Gasteiger partial charge < -0.3 is 14.5 Å². The van der Waals surface area contributed by atoms with Crippen LogP contribution in [-0.2, 0) is 5.41 Å². The summed E-state index contributed by atoms with van der Waals surface area (Å²) in [5.41, 5.74) is 1.54. The maximum Gasteiger partial charge on any atom is 0.263 e. The molecule has 2 N–H and O–H groups in total. The standard InChI is InChI=1S/C21H23N3O4S/c1-21(2,3)17-9-7-13(18(25)23-17)19(26)24-20-22-15(11-29-20)14-10-12(27-4)6-8-16(14)28-5/h6-11H,1-5H3,(H,23,25)(H,22,24,26). The highest BCUT2D eigenvalue weighted by atomic mass is 32.1. The largest absolute Gasteiger partial charge is 0.497 e. The van der Waals surface area contributed by atoms with Gasteiger partial charge in [-0.15, -0.1) is 11.3 Å². The second-order valence-electron chi connectivity index (χ2n) is 7.42. The minimum absolute atomic E-state index is 0.0358. The van der Waals surface area contributed by atoms with Crippen molar-refractivity contribution in [1.82, 2.24) is 9.97 Å². The molecule has 1 aromatic carbocycles. The highest BCUT2D eigenvalue weighted by Crippen LogP contribution is 2.35. The van der Waals surface area contributed by atoms with Gasteiger partial charge in [0.15, 0.2) is 5.13 Å². The van der Waals surface area contributed by atoms with Crippen molar-refractivity contribution >= 4 is 22.4 Å². The van der Waals surface area contributed by atoms with E-state index in [-0.39, 0.29) is 11.0 Å². The van der Waals surface area contributed by atoms with Crippen molar-refractivity contribution in [2.24, 2.45) is 0 Å². The topological polar surface area (TPSA) is 93.3 Å². The van der Waals surface area contributed by atoms with Gasteiger partial charge in [-0.3, -0.25) is 14.9 Å². The molecule has 3 aromatic rings. The third-order valence-electron chi connectivity index (χ3n) is 4.37. The van der Waals surface area contributed by atoms with Crippen LogP contribution in [0.15, 0.2) is 40.5 Å². The zero-order valence-electron chi connectivity index (χ0n) is 17.0. The number of hydrogen-bond donors (Lipinski definition) is 2.